The number of nitrogens with zero attached hydrogens (tertiary/aromatic N) is 1. The molecule has 0 saturated heterocycles. The number of benzene rings is 2. The summed E-state index contributed by atoms with van der Waals surface area (Å²) in [4.78, 5) is 21.8. The number of hydrogen-bond acceptors (Lipinski definition) is 4. The number of carbonyl (C=O) groups excluding carboxylic acids is 1. The number of aliphatic hydroxyl groups is 1. The minimum Gasteiger partial charge on any atom is -0.387 e. The lowest BCUT2D eigenvalue weighted by Gasteiger charge is -2.12. The van der Waals surface area contributed by atoms with E-state index in [4.69, 9.17) is 0 Å². The Hall–Kier alpha value is -2.80. The predicted molar refractivity (Wildman–Crippen MR) is 81.2 cm³/mol. The molecule has 1 amide bonds. The van der Waals surface area contributed by atoms with Crippen molar-refractivity contribution in [3.8, 4) is 0 Å². The van der Waals surface area contributed by atoms with Crippen molar-refractivity contribution in [3.63, 3.8) is 0 Å². The van der Waals surface area contributed by atoms with Gasteiger partial charge in [-0.1, -0.05) is 12.1 Å². The maximum absolute atomic E-state index is 13.0. The molecule has 0 aliphatic heterocycles. The summed E-state index contributed by atoms with van der Waals surface area (Å²) >= 11 is 0. The van der Waals surface area contributed by atoms with Crippen molar-refractivity contribution in [2.45, 2.75) is 12.5 Å². The van der Waals surface area contributed by atoms with Gasteiger partial charge in [-0.05, 0) is 35.4 Å². The van der Waals surface area contributed by atoms with Crippen LogP contribution in [0.5, 0.6) is 0 Å². The molecular formula is C16H15FN2O4. The van der Waals surface area contributed by atoms with E-state index in [1.54, 1.807) is 6.07 Å². The van der Waals surface area contributed by atoms with Crippen molar-refractivity contribution >= 4 is 11.6 Å². The van der Waals surface area contributed by atoms with Gasteiger partial charge in [-0.25, -0.2) is 4.39 Å². The fraction of sp³-hybridized carbons (Fsp3) is 0.188. The lowest BCUT2D eigenvalue weighted by atomic mass is 10.1. The van der Waals surface area contributed by atoms with Gasteiger partial charge in [0, 0.05) is 18.7 Å². The van der Waals surface area contributed by atoms with Crippen LogP contribution in [0.25, 0.3) is 0 Å². The number of carbonyl (C=O) groups is 1. The number of halogens is 1. The standard InChI is InChI=1S/C16H15FN2O4/c17-13-3-1-2-11(8-13)9-16(21)18-10-15(20)12-4-6-14(7-5-12)19(22)23/h1-8,15,20H,9-10H2,(H,18,21)/t15-/m0/s1. The lowest BCUT2D eigenvalue weighted by molar-refractivity contribution is -0.384. The zero-order valence-electron chi connectivity index (χ0n) is 12.1. The van der Waals surface area contributed by atoms with Gasteiger partial charge in [-0.3, -0.25) is 14.9 Å². The summed E-state index contributed by atoms with van der Waals surface area (Å²) in [5, 5.41) is 23.1. The number of amides is 1. The summed E-state index contributed by atoms with van der Waals surface area (Å²) in [6, 6.07) is 11.1. The Balaban J connectivity index is 1.87. The fourth-order valence-corrected chi connectivity index (χ4v) is 2.04. The number of non-ortho nitro benzene ring substituents is 1. The van der Waals surface area contributed by atoms with E-state index in [0.29, 0.717) is 11.1 Å². The SMILES string of the molecule is O=C(Cc1cccc(F)c1)NC[C@H](O)c1ccc([N+](=O)[O-])cc1. The summed E-state index contributed by atoms with van der Waals surface area (Å²) in [7, 11) is 0. The van der Waals surface area contributed by atoms with Crippen LogP contribution >= 0.6 is 0 Å². The van der Waals surface area contributed by atoms with E-state index in [9.17, 15) is 24.4 Å². The molecule has 0 radical (unpaired) electrons. The number of hydrogen-bond donors (Lipinski definition) is 2. The van der Waals surface area contributed by atoms with Crippen molar-refractivity contribution in [3.05, 3.63) is 75.6 Å². The van der Waals surface area contributed by atoms with Crippen LogP contribution in [-0.4, -0.2) is 22.5 Å². The van der Waals surface area contributed by atoms with E-state index in [0.717, 1.165) is 0 Å². The Labute approximate surface area is 131 Å². The Morgan fingerprint density at radius 2 is 1.96 bits per heavy atom. The molecular weight excluding hydrogens is 303 g/mol. The molecule has 2 aromatic rings. The summed E-state index contributed by atoms with van der Waals surface area (Å²) in [5.74, 6) is -0.766. The highest BCUT2D eigenvalue weighted by molar-refractivity contribution is 5.78. The predicted octanol–water partition coefficient (Wildman–Crippen LogP) is 2.13. The molecule has 120 valence electrons. The zero-order chi connectivity index (χ0) is 16.8. The monoisotopic (exact) mass is 318 g/mol. The zero-order valence-corrected chi connectivity index (χ0v) is 12.1. The second-order valence-corrected chi connectivity index (χ2v) is 4.98. The van der Waals surface area contributed by atoms with E-state index in [1.165, 1.54) is 42.5 Å². The molecule has 6 nitrogen and oxygen atoms in total. The van der Waals surface area contributed by atoms with Crippen molar-refractivity contribution in [1.29, 1.82) is 0 Å². The summed E-state index contributed by atoms with van der Waals surface area (Å²) in [6.45, 7) is -0.0358. The summed E-state index contributed by atoms with van der Waals surface area (Å²) in [5.41, 5.74) is 0.921. The molecule has 0 spiro atoms. The Bertz CT molecular complexity index is 703. The summed E-state index contributed by atoms with van der Waals surface area (Å²) in [6.07, 6.45) is -0.975. The Kier molecular flexibility index (Phi) is 5.37. The normalized spacial score (nSPS) is 11.7. The third-order valence-electron chi connectivity index (χ3n) is 3.23. The molecule has 0 aliphatic rings. The van der Waals surface area contributed by atoms with Gasteiger partial charge in [0.1, 0.15) is 5.82 Å². The van der Waals surface area contributed by atoms with E-state index in [2.05, 4.69) is 5.32 Å². The Morgan fingerprint density at radius 1 is 1.26 bits per heavy atom. The average molecular weight is 318 g/mol. The molecule has 0 fully saturated rings. The van der Waals surface area contributed by atoms with Gasteiger partial charge in [0.25, 0.3) is 5.69 Å². The first kappa shape index (κ1) is 16.6. The molecule has 0 bridgehead atoms. The van der Waals surface area contributed by atoms with Gasteiger partial charge >= 0.3 is 0 Å². The van der Waals surface area contributed by atoms with Crippen LogP contribution in [0.3, 0.4) is 0 Å². The van der Waals surface area contributed by atoms with E-state index < -0.39 is 16.8 Å². The molecule has 0 aliphatic carbocycles. The molecule has 0 unspecified atom stereocenters. The third-order valence-corrected chi connectivity index (χ3v) is 3.23. The Morgan fingerprint density at radius 3 is 2.57 bits per heavy atom. The van der Waals surface area contributed by atoms with Crippen LogP contribution in [0.1, 0.15) is 17.2 Å². The number of nitro benzene ring substituents is 1. The van der Waals surface area contributed by atoms with Crippen LogP contribution in [0, 0.1) is 15.9 Å². The molecule has 2 aromatic carbocycles. The molecule has 0 saturated carbocycles. The first-order valence-corrected chi connectivity index (χ1v) is 6.89. The first-order chi connectivity index (χ1) is 11.0. The largest absolute Gasteiger partial charge is 0.387 e. The van der Waals surface area contributed by atoms with Gasteiger partial charge in [-0.15, -0.1) is 0 Å². The van der Waals surface area contributed by atoms with E-state index >= 15 is 0 Å². The minimum absolute atomic E-state index is 0.00470. The third kappa shape index (κ3) is 4.86. The van der Waals surface area contributed by atoms with Crippen LogP contribution in [0.15, 0.2) is 48.5 Å². The van der Waals surface area contributed by atoms with Crippen LogP contribution in [0.4, 0.5) is 10.1 Å². The quantitative estimate of drug-likeness (QED) is 0.630. The smallest absolute Gasteiger partial charge is 0.269 e. The highest BCUT2D eigenvalue weighted by atomic mass is 19.1. The topological polar surface area (TPSA) is 92.5 Å². The first-order valence-electron chi connectivity index (χ1n) is 6.89. The van der Waals surface area contributed by atoms with Gasteiger partial charge in [-0.2, -0.15) is 0 Å². The van der Waals surface area contributed by atoms with Crippen molar-refractivity contribution in [2.24, 2.45) is 0 Å². The highest BCUT2D eigenvalue weighted by Gasteiger charge is 2.12. The average Bonchev–Trinajstić information content (AvgIpc) is 2.52. The van der Waals surface area contributed by atoms with Crippen molar-refractivity contribution in [1.82, 2.24) is 5.32 Å². The van der Waals surface area contributed by atoms with Crippen LogP contribution < -0.4 is 5.32 Å². The van der Waals surface area contributed by atoms with Gasteiger partial charge in [0.05, 0.1) is 17.4 Å². The molecule has 2 N–H and O–H groups in total. The van der Waals surface area contributed by atoms with Crippen LogP contribution in [-0.2, 0) is 11.2 Å². The minimum atomic E-state index is -0.979. The number of rotatable bonds is 6. The number of aliphatic hydroxyl groups excluding tert-OH is 1. The highest BCUT2D eigenvalue weighted by Crippen LogP contribution is 2.17. The van der Waals surface area contributed by atoms with Crippen molar-refractivity contribution in [2.75, 3.05) is 6.54 Å². The number of nitrogens with one attached hydrogen (secondary N) is 1. The van der Waals surface area contributed by atoms with Gasteiger partial charge < -0.3 is 10.4 Å². The maximum atomic E-state index is 13.0. The number of nitro groups is 1. The molecule has 23 heavy (non-hydrogen) atoms. The maximum Gasteiger partial charge on any atom is 0.269 e. The van der Waals surface area contributed by atoms with E-state index in [1.807, 2.05) is 0 Å². The fourth-order valence-electron chi connectivity index (χ4n) is 2.04. The van der Waals surface area contributed by atoms with Gasteiger partial charge in [0.15, 0.2) is 0 Å². The molecule has 2 rings (SSSR count). The second-order valence-electron chi connectivity index (χ2n) is 4.98. The summed E-state index contributed by atoms with van der Waals surface area (Å²) < 4.78 is 13.0. The van der Waals surface area contributed by atoms with Crippen molar-refractivity contribution < 1.29 is 19.2 Å². The molecule has 1 atom stereocenters. The van der Waals surface area contributed by atoms with Crippen LogP contribution in [0.2, 0.25) is 0 Å². The molecule has 0 aromatic heterocycles. The van der Waals surface area contributed by atoms with E-state index in [-0.39, 0.29) is 24.6 Å². The van der Waals surface area contributed by atoms with Gasteiger partial charge in [0.2, 0.25) is 5.91 Å². The molecule has 0 heterocycles. The second kappa shape index (κ2) is 7.46. The molecule has 7 heteroatoms. The lowest BCUT2D eigenvalue weighted by Crippen LogP contribution is -2.29.